The number of ether oxygens (including phenoxy) is 12. The Morgan fingerprint density at radius 2 is 0.932 bits per heavy atom. The molecular formula is C62H108N2O24. The number of esters is 4. The summed E-state index contributed by atoms with van der Waals surface area (Å²) in [6.07, 6.45) is -6.35. The number of rotatable bonds is 42. The van der Waals surface area contributed by atoms with E-state index in [0.717, 1.165) is 124 Å². The van der Waals surface area contributed by atoms with E-state index >= 15 is 0 Å². The summed E-state index contributed by atoms with van der Waals surface area (Å²) in [5, 5.41) is 71.5. The van der Waals surface area contributed by atoms with Crippen LogP contribution < -0.4 is 5.32 Å². The first-order valence-corrected chi connectivity index (χ1v) is 32.2. The van der Waals surface area contributed by atoms with Crippen LogP contribution in [0.1, 0.15) is 189 Å². The molecule has 1 amide bonds. The van der Waals surface area contributed by atoms with Gasteiger partial charge in [-0.3, -0.25) is 28.8 Å². The topological polar surface area (TPSA) is 350 Å². The van der Waals surface area contributed by atoms with Crippen LogP contribution in [0.2, 0.25) is 0 Å². The quantitative estimate of drug-likeness (QED) is 0.0260. The molecule has 0 aromatic carbocycles. The van der Waals surface area contributed by atoms with Crippen molar-refractivity contribution in [2.45, 2.75) is 300 Å². The molecule has 4 rings (SSSR count). The second-order valence-electron chi connectivity index (χ2n) is 24.6. The van der Waals surface area contributed by atoms with Gasteiger partial charge in [0.1, 0.15) is 54.6 Å². The van der Waals surface area contributed by atoms with Crippen LogP contribution in [0.25, 0.3) is 0 Å². The Balaban J connectivity index is 1.25. The van der Waals surface area contributed by atoms with Gasteiger partial charge in [0.05, 0.1) is 38.6 Å². The number of nitrogens with zero attached hydrogens (tertiary/aromatic N) is 1. The number of aliphatic hydroxyl groups is 6. The van der Waals surface area contributed by atoms with E-state index in [9.17, 15) is 59.4 Å². The lowest BCUT2D eigenvalue weighted by Gasteiger charge is -2.47. The van der Waals surface area contributed by atoms with Crippen molar-refractivity contribution in [3.63, 3.8) is 0 Å². The minimum absolute atomic E-state index is 0.0000897. The van der Waals surface area contributed by atoms with Crippen molar-refractivity contribution in [3.05, 3.63) is 0 Å². The molecule has 510 valence electrons. The van der Waals surface area contributed by atoms with Gasteiger partial charge in [-0.15, -0.1) is 0 Å². The van der Waals surface area contributed by atoms with E-state index < -0.39 is 161 Å². The highest BCUT2D eigenvalue weighted by Gasteiger charge is 2.54. The number of unbranched alkanes of at least 4 members (excludes halogenated alkanes) is 15. The molecule has 26 nitrogen and oxygen atoms in total. The molecular weight excluding hydrogens is 1160 g/mol. The van der Waals surface area contributed by atoms with Crippen LogP contribution in [-0.4, -0.2) is 235 Å². The van der Waals surface area contributed by atoms with Crippen LogP contribution in [-0.2, 0) is 85.6 Å². The van der Waals surface area contributed by atoms with Crippen molar-refractivity contribution in [2.75, 3.05) is 53.6 Å². The summed E-state index contributed by atoms with van der Waals surface area (Å²) < 4.78 is 69.4. The third kappa shape index (κ3) is 28.5. The summed E-state index contributed by atoms with van der Waals surface area (Å²) in [6.45, 7) is 8.36. The molecule has 7 N–H and O–H groups in total. The number of hydrogen-bond acceptors (Lipinski definition) is 25. The Kier molecular flexibility index (Phi) is 36.5. The third-order valence-electron chi connectivity index (χ3n) is 15.9. The van der Waals surface area contributed by atoms with E-state index in [1.54, 1.807) is 0 Å². The molecule has 4 aliphatic rings. The molecule has 0 spiro atoms. The number of carbonyl (C=O) groups excluding carboxylic acids is 6. The maximum absolute atomic E-state index is 12.7. The third-order valence-corrected chi connectivity index (χ3v) is 15.9. The summed E-state index contributed by atoms with van der Waals surface area (Å²) in [4.78, 5) is 75.0. The first kappa shape index (κ1) is 76.9. The Labute approximate surface area is 519 Å². The molecule has 16 unspecified atom stereocenters. The highest BCUT2D eigenvalue weighted by molar-refractivity contribution is 5.78. The molecule has 18 atom stereocenters. The van der Waals surface area contributed by atoms with Crippen molar-refractivity contribution in [1.82, 2.24) is 10.2 Å². The molecule has 0 aliphatic carbocycles. The number of hydrogen-bond donors (Lipinski definition) is 7. The van der Waals surface area contributed by atoms with E-state index in [0.29, 0.717) is 38.5 Å². The van der Waals surface area contributed by atoms with Crippen molar-refractivity contribution in [3.8, 4) is 0 Å². The van der Waals surface area contributed by atoms with Crippen LogP contribution in [0.3, 0.4) is 0 Å². The van der Waals surface area contributed by atoms with Gasteiger partial charge in [-0.25, -0.2) is 0 Å². The van der Waals surface area contributed by atoms with E-state index in [2.05, 4.69) is 24.3 Å². The number of nitrogens with one attached hydrogen (secondary N) is 1. The second-order valence-corrected chi connectivity index (χ2v) is 24.6. The monoisotopic (exact) mass is 1260 g/mol. The van der Waals surface area contributed by atoms with E-state index in [1.165, 1.54) is 25.7 Å². The smallest absolute Gasteiger partial charge is 0.303 e. The molecule has 0 bridgehead atoms. The molecule has 0 aromatic rings. The molecule has 0 aromatic heterocycles. The Hall–Kier alpha value is -3.58. The number of carbonyl (C=O) groups is 6. The zero-order valence-corrected chi connectivity index (χ0v) is 53.5. The number of aliphatic hydroxyl groups excluding tert-OH is 6. The first-order valence-electron chi connectivity index (χ1n) is 32.2. The Bertz CT molecular complexity index is 2020. The molecule has 4 fully saturated rings. The van der Waals surface area contributed by atoms with E-state index in [-0.39, 0.29) is 17.6 Å². The number of ketones is 1. The van der Waals surface area contributed by atoms with Gasteiger partial charge in [-0.2, -0.15) is 0 Å². The summed E-state index contributed by atoms with van der Waals surface area (Å²) >= 11 is 0. The molecule has 26 heteroatoms. The second kappa shape index (κ2) is 41.8. The summed E-state index contributed by atoms with van der Waals surface area (Å²) in [6, 6.07) is 0. The first-order chi connectivity index (χ1) is 41.9. The summed E-state index contributed by atoms with van der Waals surface area (Å²) in [7, 11) is 4.15. The number of amides is 1. The van der Waals surface area contributed by atoms with E-state index in [4.69, 9.17) is 56.8 Å². The lowest BCUT2D eigenvalue weighted by molar-refractivity contribution is -0.379. The van der Waals surface area contributed by atoms with Crippen LogP contribution in [0.5, 0.6) is 0 Å². The highest BCUT2D eigenvalue weighted by atomic mass is 16.8. The lowest BCUT2D eigenvalue weighted by Crippen LogP contribution is -2.64. The van der Waals surface area contributed by atoms with Gasteiger partial charge in [-0.05, 0) is 71.5 Å². The number of Topliss-reactive ketones (excluding diaryl/α,β-unsaturated/α-hetero) is 1. The Morgan fingerprint density at radius 3 is 1.49 bits per heavy atom. The summed E-state index contributed by atoms with van der Waals surface area (Å²) in [5.41, 5.74) is 0. The fourth-order valence-corrected chi connectivity index (χ4v) is 11.2. The molecule has 4 heterocycles. The average Bonchev–Trinajstić information content (AvgIpc) is 1.62. The predicted molar refractivity (Wildman–Crippen MR) is 314 cm³/mol. The summed E-state index contributed by atoms with van der Waals surface area (Å²) in [5.74, 6) is -2.68. The SMILES string of the molecule is CC(=O)OC1COC(OC2C(O[C@@H](CC(C)C)[C@@H](O)CCCCCCCC(=O)CCCCCCCCCCCCC(=O)NCCCCCN(C)C)OCC(O)C2OC2OCC(OC3OCC(OC(C)=O)C(OC(C)=O)C3OC(C)=O)C(O)C2O)C(O)C1O. The molecule has 88 heavy (non-hydrogen) atoms. The van der Waals surface area contributed by atoms with Gasteiger partial charge in [0.2, 0.25) is 5.91 Å². The molecule has 0 saturated carbocycles. The van der Waals surface area contributed by atoms with Gasteiger partial charge in [0, 0.05) is 53.5 Å². The zero-order valence-electron chi connectivity index (χ0n) is 53.5. The standard InChI is InChI=1S/C62H108N2O24/c1-38(2)33-46(44(70)29-23-18-15-17-22-28-43(69)27-21-16-13-11-9-10-12-14-19-24-30-50(72)63-31-25-20-26-32-64(7)8)85-61-57(88-60-53(75)51(73)47(35-78-60)81-39(3)65)55(45(71)34-77-61)87-59-54(76)52(74)48(36-79-59)86-62-58(84-42(6)68)56(83-41(5)67)49(37-80-62)82-40(4)66/h38,44-49,51-62,70-71,73-76H,9-37H2,1-8H3,(H,63,72)/t44-,45?,46-,47?,48?,49?,51?,52?,53?,54?,55?,56?,57?,58?,59?,60?,61?,62?/m0/s1. The van der Waals surface area contributed by atoms with Crippen molar-refractivity contribution in [2.24, 2.45) is 5.92 Å². The van der Waals surface area contributed by atoms with Gasteiger partial charge in [-0.1, -0.05) is 97.3 Å². The van der Waals surface area contributed by atoms with Gasteiger partial charge < -0.3 is 97.7 Å². The fraction of sp³-hybridized carbons (Fsp3) is 0.903. The van der Waals surface area contributed by atoms with Crippen LogP contribution >= 0.6 is 0 Å². The zero-order chi connectivity index (χ0) is 64.7. The van der Waals surface area contributed by atoms with Crippen LogP contribution in [0, 0.1) is 5.92 Å². The van der Waals surface area contributed by atoms with Gasteiger partial charge in [0.25, 0.3) is 0 Å². The van der Waals surface area contributed by atoms with Crippen molar-refractivity contribution < 1.29 is 116 Å². The highest BCUT2D eigenvalue weighted by Crippen LogP contribution is 2.34. The maximum Gasteiger partial charge on any atom is 0.303 e. The molecule has 4 saturated heterocycles. The normalized spacial score (nSPS) is 29.9. The largest absolute Gasteiger partial charge is 0.457 e. The average molecular weight is 1270 g/mol. The van der Waals surface area contributed by atoms with Crippen molar-refractivity contribution >= 4 is 35.6 Å². The fourth-order valence-electron chi connectivity index (χ4n) is 11.2. The van der Waals surface area contributed by atoms with Crippen LogP contribution in [0.15, 0.2) is 0 Å². The molecule has 0 radical (unpaired) electrons. The van der Waals surface area contributed by atoms with E-state index in [1.807, 2.05) is 13.8 Å². The minimum Gasteiger partial charge on any atom is -0.457 e. The lowest BCUT2D eigenvalue weighted by atomic mass is 9.96. The van der Waals surface area contributed by atoms with Gasteiger partial charge in [0.15, 0.2) is 49.6 Å². The molecule has 4 aliphatic heterocycles. The van der Waals surface area contributed by atoms with Crippen LogP contribution in [0.4, 0.5) is 0 Å². The Morgan fingerprint density at radius 1 is 0.477 bits per heavy atom. The predicted octanol–water partition coefficient (Wildman–Crippen LogP) is 3.72. The minimum atomic E-state index is -1.93. The van der Waals surface area contributed by atoms with Crippen molar-refractivity contribution in [1.29, 1.82) is 0 Å². The van der Waals surface area contributed by atoms with Gasteiger partial charge >= 0.3 is 23.9 Å². The maximum atomic E-state index is 12.7.